The Morgan fingerprint density at radius 2 is 1.55 bits per heavy atom. The highest BCUT2D eigenvalue weighted by Crippen LogP contribution is 2.46. The molecule has 7 nitrogen and oxygen atoms in total. The van der Waals surface area contributed by atoms with Crippen LogP contribution in [-0.2, 0) is 10.6 Å². The predicted molar refractivity (Wildman–Crippen MR) is 73.8 cm³/mol. The molecule has 124 valence electrons. The number of aliphatic hydroxyl groups is 2. The summed E-state index contributed by atoms with van der Waals surface area (Å²) in [5, 5.41) is 50.2. The van der Waals surface area contributed by atoms with Crippen molar-refractivity contribution in [2.75, 3.05) is 13.1 Å². The smallest absolute Gasteiger partial charge is 0.261 e. The average Bonchev–Trinajstić information content (AvgIpc) is 2.42. The van der Waals surface area contributed by atoms with Crippen LogP contribution in [0.4, 0.5) is 4.39 Å². The first-order valence-electron chi connectivity index (χ1n) is 6.86. The molecule has 1 aliphatic heterocycles. The number of nitrogens with zero attached hydrogens (tertiary/aromatic N) is 1. The summed E-state index contributed by atoms with van der Waals surface area (Å²) in [6.45, 7) is 4.81. The van der Waals surface area contributed by atoms with E-state index in [0.717, 1.165) is 11.8 Å². The third kappa shape index (κ3) is 2.58. The van der Waals surface area contributed by atoms with Crippen LogP contribution in [0, 0.1) is 12.7 Å². The second-order valence-corrected chi connectivity index (χ2v) is 5.66. The fourth-order valence-corrected chi connectivity index (χ4v) is 2.71. The van der Waals surface area contributed by atoms with E-state index in [-0.39, 0.29) is 25.3 Å². The third-order valence-electron chi connectivity index (χ3n) is 3.79. The molecule has 0 amide bonds. The largest absolute Gasteiger partial charge is 0.507 e. The Balaban J connectivity index is 2.54. The molecule has 1 aliphatic rings. The number of hydrogen-bond donors (Lipinski definition) is 5. The van der Waals surface area contributed by atoms with Gasteiger partial charge in [-0.05, 0) is 20.8 Å². The standard InChI is InChI=1S/C14H20FNO6/c1-6-4-16(5-7(2)22-6)14(20,21)9-11(17)8(3)10(15)13(19)12(9)18/h6-7,17-21H,4-5H2,1-3H3. The molecule has 1 heterocycles. The van der Waals surface area contributed by atoms with Crippen LogP contribution >= 0.6 is 0 Å². The molecule has 1 aromatic carbocycles. The van der Waals surface area contributed by atoms with E-state index in [1.165, 1.54) is 0 Å². The van der Waals surface area contributed by atoms with E-state index < -0.39 is 40.1 Å². The lowest BCUT2D eigenvalue weighted by atomic mass is 10.0. The zero-order valence-corrected chi connectivity index (χ0v) is 12.5. The molecule has 0 bridgehead atoms. The molecular formula is C14H20FNO6. The minimum atomic E-state index is -2.80. The predicted octanol–water partition coefficient (Wildman–Crippen LogP) is 0.455. The van der Waals surface area contributed by atoms with Crippen LogP contribution in [0.15, 0.2) is 0 Å². The van der Waals surface area contributed by atoms with Crippen LogP contribution in [0.2, 0.25) is 0 Å². The number of hydrogen-bond acceptors (Lipinski definition) is 7. The summed E-state index contributed by atoms with van der Waals surface area (Å²) in [5.74, 6) is -7.11. The Kier molecular flexibility index (Phi) is 4.22. The molecule has 0 spiro atoms. The monoisotopic (exact) mass is 317 g/mol. The minimum absolute atomic E-state index is 0.105. The number of morpholine rings is 1. The summed E-state index contributed by atoms with van der Waals surface area (Å²) >= 11 is 0. The molecule has 1 fully saturated rings. The molecule has 2 atom stereocenters. The summed E-state index contributed by atoms with van der Waals surface area (Å²) in [7, 11) is 0. The second kappa shape index (κ2) is 5.54. The number of aromatic hydroxyl groups is 3. The van der Waals surface area contributed by atoms with Crippen LogP contribution in [0.5, 0.6) is 17.2 Å². The molecule has 5 N–H and O–H groups in total. The number of halogens is 1. The molecule has 0 aromatic heterocycles. The van der Waals surface area contributed by atoms with Crippen molar-refractivity contribution in [1.82, 2.24) is 4.90 Å². The normalized spacial score (nSPS) is 23.7. The van der Waals surface area contributed by atoms with Crippen molar-refractivity contribution >= 4 is 0 Å². The zero-order valence-electron chi connectivity index (χ0n) is 12.5. The number of phenolic OH excluding ortho intramolecular Hbond substituents is 3. The maximum atomic E-state index is 13.6. The van der Waals surface area contributed by atoms with Gasteiger partial charge in [0.25, 0.3) is 5.91 Å². The minimum Gasteiger partial charge on any atom is -0.507 e. The molecule has 22 heavy (non-hydrogen) atoms. The molecule has 0 saturated carbocycles. The van der Waals surface area contributed by atoms with Gasteiger partial charge in [0.2, 0.25) is 0 Å². The Morgan fingerprint density at radius 3 is 2.05 bits per heavy atom. The molecule has 2 rings (SSSR count). The summed E-state index contributed by atoms with van der Waals surface area (Å²) < 4.78 is 19.1. The first-order valence-corrected chi connectivity index (χ1v) is 6.86. The number of ether oxygens (including phenoxy) is 1. The summed E-state index contributed by atoms with van der Waals surface area (Å²) in [6, 6.07) is 0. The lowest BCUT2D eigenvalue weighted by molar-refractivity contribution is -0.299. The van der Waals surface area contributed by atoms with Gasteiger partial charge in [-0.3, -0.25) is 0 Å². The van der Waals surface area contributed by atoms with Crippen molar-refractivity contribution in [3.05, 3.63) is 16.9 Å². The highest BCUT2D eigenvalue weighted by molar-refractivity contribution is 5.58. The lowest BCUT2D eigenvalue weighted by Crippen LogP contribution is -2.55. The van der Waals surface area contributed by atoms with E-state index >= 15 is 0 Å². The second-order valence-electron chi connectivity index (χ2n) is 5.66. The Hall–Kier alpha value is -1.61. The van der Waals surface area contributed by atoms with Crippen LogP contribution in [0.25, 0.3) is 0 Å². The highest BCUT2D eigenvalue weighted by atomic mass is 19.1. The van der Waals surface area contributed by atoms with Gasteiger partial charge in [0, 0.05) is 18.7 Å². The summed E-state index contributed by atoms with van der Waals surface area (Å²) in [5.41, 5.74) is -1.16. The van der Waals surface area contributed by atoms with E-state index in [4.69, 9.17) is 4.74 Å². The van der Waals surface area contributed by atoms with Crippen LogP contribution in [-0.4, -0.2) is 55.7 Å². The number of phenols is 3. The van der Waals surface area contributed by atoms with E-state index in [2.05, 4.69) is 0 Å². The fourth-order valence-electron chi connectivity index (χ4n) is 2.71. The van der Waals surface area contributed by atoms with Gasteiger partial charge in [-0.1, -0.05) is 0 Å². The maximum Gasteiger partial charge on any atom is 0.261 e. The van der Waals surface area contributed by atoms with Gasteiger partial charge in [-0.15, -0.1) is 0 Å². The topological polar surface area (TPSA) is 114 Å². The Labute approximate surface area is 126 Å². The van der Waals surface area contributed by atoms with Gasteiger partial charge in [0.15, 0.2) is 17.3 Å². The van der Waals surface area contributed by atoms with Crippen LogP contribution < -0.4 is 0 Å². The van der Waals surface area contributed by atoms with Crippen LogP contribution in [0.3, 0.4) is 0 Å². The molecule has 1 saturated heterocycles. The van der Waals surface area contributed by atoms with E-state index in [1.807, 2.05) is 0 Å². The van der Waals surface area contributed by atoms with Gasteiger partial charge in [0.05, 0.1) is 12.2 Å². The van der Waals surface area contributed by atoms with Crippen molar-refractivity contribution in [2.45, 2.75) is 38.9 Å². The molecule has 0 aliphatic carbocycles. The first-order chi connectivity index (χ1) is 10.1. The first kappa shape index (κ1) is 16.8. The summed E-state index contributed by atoms with van der Waals surface area (Å²) in [4.78, 5) is 1.16. The molecule has 0 radical (unpaired) electrons. The number of benzene rings is 1. The SMILES string of the molecule is Cc1c(O)c(C(O)(O)N2CC(C)OC(C)C2)c(O)c(O)c1F. The van der Waals surface area contributed by atoms with Crippen molar-refractivity contribution in [3.63, 3.8) is 0 Å². The summed E-state index contributed by atoms with van der Waals surface area (Å²) in [6.07, 6.45) is -0.635. The number of rotatable bonds is 2. The van der Waals surface area contributed by atoms with E-state index in [1.54, 1.807) is 13.8 Å². The van der Waals surface area contributed by atoms with Gasteiger partial charge in [-0.25, -0.2) is 9.29 Å². The molecule has 1 aromatic rings. The average molecular weight is 317 g/mol. The van der Waals surface area contributed by atoms with Crippen molar-refractivity contribution < 1.29 is 34.7 Å². The Bertz CT molecular complexity index is 552. The van der Waals surface area contributed by atoms with Gasteiger partial charge in [-0.2, -0.15) is 0 Å². The highest BCUT2D eigenvalue weighted by Gasteiger charge is 2.44. The maximum absolute atomic E-state index is 13.6. The van der Waals surface area contributed by atoms with Gasteiger partial charge in [0.1, 0.15) is 11.3 Å². The van der Waals surface area contributed by atoms with Crippen molar-refractivity contribution in [1.29, 1.82) is 0 Å². The van der Waals surface area contributed by atoms with Crippen LogP contribution in [0.1, 0.15) is 25.0 Å². The fraction of sp³-hybridized carbons (Fsp3) is 0.571. The molecule has 2 unspecified atom stereocenters. The van der Waals surface area contributed by atoms with Gasteiger partial charge < -0.3 is 30.3 Å². The zero-order chi connectivity index (χ0) is 16.8. The van der Waals surface area contributed by atoms with Crippen molar-refractivity contribution in [2.24, 2.45) is 0 Å². The van der Waals surface area contributed by atoms with Gasteiger partial charge >= 0.3 is 0 Å². The van der Waals surface area contributed by atoms with E-state index in [0.29, 0.717) is 0 Å². The van der Waals surface area contributed by atoms with E-state index in [9.17, 15) is 29.9 Å². The third-order valence-corrected chi connectivity index (χ3v) is 3.79. The quantitative estimate of drug-likeness (QED) is 0.306. The molecule has 8 heteroatoms. The lowest BCUT2D eigenvalue weighted by Gasteiger charge is -2.42. The Morgan fingerprint density at radius 1 is 1.05 bits per heavy atom. The molecular weight excluding hydrogens is 297 g/mol. The van der Waals surface area contributed by atoms with Crippen molar-refractivity contribution in [3.8, 4) is 17.2 Å².